The molecule has 0 radical (unpaired) electrons. The van der Waals surface area contributed by atoms with Crippen molar-refractivity contribution in [3.63, 3.8) is 0 Å². The number of aromatic nitrogens is 3. The van der Waals surface area contributed by atoms with Gasteiger partial charge in [0.25, 0.3) is 5.71 Å². The summed E-state index contributed by atoms with van der Waals surface area (Å²) in [5.41, 5.74) is 2.25. The van der Waals surface area contributed by atoms with E-state index in [1.165, 1.54) is 4.85 Å². The van der Waals surface area contributed by atoms with E-state index in [-0.39, 0.29) is 0 Å². The highest BCUT2D eigenvalue weighted by atomic mass is 16.7. The fraction of sp³-hybridized carbons (Fsp3) is 0.0909. The summed E-state index contributed by atoms with van der Waals surface area (Å²) >= 11 is 0. The SMILES string of the molecule is COn1cc2c(-c3ccccc3)noc2n1. The summed E-state index contributed by atoms with van der Waals surface area (Å²) in [6, 6.07) is 9.81. The van der Waals surface area contributed by atoms with Crippen LogP contribution in [-0.2, 0) is 0 Å². The van der Waals surface area contributed by atoms with Crippen LogP contribution in [0, 0.1) is 0 Å². The van der Waals surface area contributed by atoms with Crippen molar-refractivity contribution in [2.45, 2.75) is 0 Å². The van der Waals surface area contributed by atoms with Crippen molar-refractivity contribution in [1.82, 2.24) is 15.1 Å². The van der Waals surface area contributed by atoms with Crippen LogP contribution in [0.1, 0.15) is 0 Å². The zero-order valence-corrected chi connectivity index (χ0v) is 8.62. The number of hydrogen-bond acceptors (Lipinski definition) is 4. The predicted molar refractivity (Wildman–Crippen MR) is 57.7 cm³/mol. The number of nitrogens with zero attached hydrogens (tertiary/aromatic N) is 3. The van der Waals surface area contributed by atoms with E-state index < -0.39 is 0 Å². The second-order valence-electron chi connectivity index (χ2n) is 3.33. The molecule has 0 atom stereocenters. The smallest absolute Gasteiger partial charge is 0.280 e. The molecule has 0 aliphatic carbocycles. The Morgan fingerprint density at radius 2 is 2.06 bits per heavy atom. The lowest BCUT2D eigenvalue weighted by Gasteiger charge is -1.95. The monoisotopic (exact) mass is 215 g/mol. The molecule has 2 aromatic heterocycles. The van der Waals surface area contributed by atoms with Gasteiger partial charge in [0.15, 0.2) is 0 Å². The summed E-state index contributed by atoms with van der Waals surface area (Å²) < 4.78 is 5.12. The van der Waals surface area contributed by atoms with E-state index in [2.05, 4.69) is 10.3 Å². The van der Waals surface area contributed by atoms with Gasteiger partial charge in [-0.15, -0.1) is 4.85 Å². The van der Waals surface area contributed by atoms with Crippen LogP contribution in [0.15, 0.2) is 41.1 Å². The van der Waals surface area contributed by atoms with Gasteiger partial charge in [-0.05, 0) is 0 Å². The summed E-state index contributed by atoms with van der Waals surface area (Å²) in [6.07, 6.45) is 1.74. The minimum Gasteiger partial charge on any atom is -0.400 e. The van der Waals surface area contributed by atoms with E-state index in [9.17, 15) is 0 Å². The number of hydrogen-bond donors (Lipinski definition) is 0. The molecule has 2 heterocycles. The van der Waals surface area contributed by atoms with Crippen LogP contribution < -0.4 is 4.84 Å². The maximum Gasteiger partial charge on any atom is 0.280 e. The van der Waals surface area contributed by atoms with Crippen LogP contribution >= 0.6 is 0 Å². The Hall–Kier alpha value is -2.30. The minimum absolute atomic E-state index is 0.473. The first-order valence-electron chi connectivity index (χ1n) is 4.83. The van der Waals surface area contributed by atoms with Gasteiger partial charge in [-0.25, -0.2) is 0 Å². The van der Waals surface area contributed by atoms with E-state index in [4.69, 9.17) is 9.36 Å². The molecule has 0 saturated carbocycles. The highest BCUT2D eigenvalue weighted by Crippen LogP contribution is 2.26. The largest absolute Gasteiger partial charge is 0.400 e. The van der Waals surface area contributed by atoms with Crippen molar-refractivity contribution in [1.29, 1.82) is 0 Å². The maximum absolute atomic E-state index is 5.12. The third-order valence-electron chi connectivity index (χ3n) is 2.37. The molecule has 0 amide bonds. The van der Waals surface area contributed by atoms with E-state index >= 15 is 0 Å². The van der Waals surface area contributed by atoms with Gasteiger partial charge in [-0.2, -0.15) is 0 Å². The Morgan fingerprint density at radius 1 is 1.25 bits per heavy atom. The van der Waals surface area contributed by atoms with Crippen LogP contribution in [0.3, 0.4) is 0 Å². The molecule has 5 heteroatoms. The fourth-order valence-electron chi connectivity index (χ4n) is 1.60. The summed E-state index contributed by atoms with van der Waals surface area (Å²) in [6.45, 7) is 0. The molecule has 0 N–H and O–H groups in total. The summed E-state index contributed by atoms with van der Waals surface area (Å²) in [4.78, 5) is 6.32. The Morgan fingerprint density at radius 3 is 2.81 bits per heavy atom. The number of benzene rings is 1. The lowest BCUT2D eigenvalue weighted by atomic mass is 10.1. The Labute approximate surface area is 91.2 Å². The van der Waals surface area contributed by atoms with Crippen molar-refractivity contribution in [2.24, 2.45) is 0 Å². The Balaban J connectivity index is 2.20. The summed E-state index contributed by atoms with van der Waals surface area (Å²) in [5, 5.41) is 8.88. The lowest BCUT2D eigenvalue weighted by Crippen LogP contribution is -2.05. The van der Waals surface area contributed by atoms with Crippen molar-refractivity contribution in [3.05, 3.63) is 36.5 Å². The molecule has 0 saturated heterocycles. The average molecular weight is 215 g/mol. The van der Waals surface area contributed by atoms with E-state index in [0.717, 1.165) is 16.6 Å². The highest BCUT2D eigenvalue weighted by molar-refractivity contribution is 5.88. The first kappa shape index (κ1) is 8.96. The van der Waals surface area contributed by atoms with Crippen LogP contribution in [0.2, 0.25) is 0 Å². The van der Waals surface area contributed by atoms with Gasteiger partial charge in [0, 0.05) is 5.56 Å². The molecule has 0 spiro atoms. The number of rotatable bonds is 2. The topological polar surface area (TPSA) is 53.1 Å². The van der Waals surface area contributed by atoms with Gasteiger partial charge in [0.2, 0.25) is 0 Å². The molecule has 5 nitrogen and oxygen atoms in total. The van der Waals surface area contributed by atoms with Crippen LogP contribution in [0.5, 0.6) is 0 Å². The second kappa shape index (κ2) is 3.37. The molecular weight excluding hydrogens is 206 g/mol. The van der Waals surface area contributed by atoms with Crippen molar-refractivity contribution in [3.8, 4) is 11.3 Å². The third-order valence-corrected chi connectivity index (χ3v) is 2.37. The second-order valence-corrected chi connectivity index (χ2v) is 3.33. The molecule has 0 unspecified atom stereocenters. The highest BCUT2D eigenvalue weighted by Gasteiger charge is 2.13. The first-order chi connectivity index (χ1) is 7.88. The van der Waals surface area contributed by atoms with Gasteiger partial charge < -0.3 is 9.36 Å². The van der Waals surface area contributed by atoms with E-state index in [1.807, 2.05) is 30.3 Å². The molecule has 0 fully saturated rings. The van der Waals surface area contributed by atoms with Gasteiger partial charge >= 0.3 is 0 Å². The van der Waals surface area contributed by atoms with Crippen LogP contribution in [-0.4, -0.2) is 22.2 Å². The number of fused-ring (bicyclic) bond motifs is 1. The standard InChI is InChI=1S/C11H9N3O2/c1-15-14-7-9-10(13-16-11(9)12-14)8-5-3-2-4-6-8/h2-7H,1H3. The maximum atomic E-state index is 5.12. The van der Waals surface area contributed by atoms with Crippen LogP contribution in [0.4, 0.5) is 0 Å². The third kappa shape index (κ3) is 1.25. The molecule has 0 bridgehead atoms. The van der Waals surface area contributed by atoms with Gasteiger partial charge in [-0.1, -0.05) is 40.6 Å². The Kier molecular flexibility index (Phi) is 1.89. The van der Waals surface area contributed by atoms with Crippen molar-refractivity contribution < 1.29 is 9.36 Å². The summed E-state index contributed by atoms with van der Waals surface area (Å²) in [5.74, 6) is 0. The van der Waals surface area contributed by atoms with Gasteiger partial charge in [0.05, 0.1) is 11.6 Å². The molecule has 0 aliphatic rings. The minimum atomic E-state index is 0.473. The molecule has 80 valence electrons. The lowest BCUT2D eigenvalue weighted by molar-refractivity contribution is 0.133. The summed E-state index contributed by atoms with van der Waals surface area (Å²) in [7, 11) is 1.54. The molecule has 1 aromatic carbocycles. The van der Waals surface area contributed by atoms with Crippen LogP contribution in [0.25, 0.3) is 22.4 Å². The van der Waals surface area contributed by atoms with Crippen molar-refractivity contribution >= 4 is 11.1 Å². The normalized spacial score (nSPS) is 10.8. The molecule has 0 aliphatic heterocycles. The molecule has 16 heavy (non-hydrogen) atoms. The van der Waals surface area contributed by atoms with E-state index in [1.54, 1.807) is 13.3 Å². The zero-order chi connectivity index (χ0) is 11.0. The molecule has 3 aromatic rings. The quantitative estimate of drug-likeness (QED) is 0.653. The van der Waals surface area contributed by atoms with Gasteiger partial charge in [-0.3, -0.25) is 0 Å². The fourth-order valence-corrected chi connectivity index (χ4v) is 1.60. The predicted octanol–water partition coefficient (Wildman–Crippen LogP) is 1.75. The average Bonchev–Trinajstić information content (AvgIpc) is 2.88. The van der Waals surface area contributed by atoms with Gasteiger partial charge in [0.1, 0.15) is 12.8 Å². The Bertz CT molecular complexity index is 612. The van der Waals surface area contributed by atoms with E-state index in [0.29, 0.717) is 5.71 Å². The first-order valence-corrected chi connectivity index (χ1v) is 4.83. The molecule has 3 rings (SSSR count). The molecular formula is C11H9N3O2. The zero-order valence-electron chi connectivity index (χ0n) is 8.62. The van der Waals surface area contributed by atoms with Crippen molar-refractivity contribution in [2.75, 3.05) is 7.11 Å².